The van der Waals surface area contributed by atoms with E-state index < -0.39 is 0 Å². The predicted octanol–water partition coefficient (Wildman–Crippen LogP) is 3.62. The molecule has 0 aromatic carbocycles. The lowest BCUT2D eigenvalue weighted by Crippen LogP contribution is -2.22. The Kier molecular flexibility index (Phi) is 3.27. The van der Waals surface area contributed by atoms with Crippen LogP contribution in [0, 0.1) is 5.41 Å². The normalized spacial score (nSPS) is 13.2. The van der Waals surface area contributed by atoms with E-state index in [1.807, 2.05) is 4.68 Å². The Morgan fingerprint density at radius 2 is 1.73 bits per heavy atom. The van der Waals surface area contributed by atoms with Crippen LogP contribution in [-0.2, 0) is 12.0 Å². The van der Waals surface area contributed by atoms with E-state index >= 15 is 0 Å². The average molecular weight is 208 g/mol. The second-order valence-electron chi connectivity index (χ2n) is 6.48. The fourth-order valence-electron chi connectivity index (χ4n) is 1.37. The first-order chi connectivity index (χ1) is 6.68. The maximum Gasteiger partial charge on any atom is 0.0625 e. The van der Waals surface area contributed by atoms with Crippen LogP contribution in [0.15, 0.2) is 12.3 Å². The van der Waals surface area contributed by atoms with Crippen molar-refractivity contribution >= 4 is 0 Å². The summed E-state index contributed by atoms with van der Waals surface area (Å²) in [6.45, 7) is 13.3. The lowest BCUT2D eigenvalue weighted by Gasteiger charge is -2.19. The molecule has 2 heteroatoms. The molecule has 0 atom stereocenters. The van der Waals surface area contributed by atoms with Crippen LogP contribution in [0.5, 0.6) is 0 Å². The molecule has 2 nitrogen and oxygen atoms in total. The van der Waals surface area contributed by atoms with E-state index in [-0.39, 0.29) is 5.54 Å². The van der Waals surface area contributed by atoms with Gasteiger partial charge in [0, 0.05) is 6.20 Å². The Hall–Kier alpha value is -0.790. The van der Waals surface area contributed by atoms with E-state index in [2.05, 4.69) is 58.9 Å². The minimum atomic E-state index is 0.0972. The van der Waals surface area contributed by atoms with E-state index in [1.165, 1.54) is 12.1 Å². The molecule has 86 valence electrons. The molecular formula is C13H24N2. The zero-order chi connectivity index (χ0) is 11.7. The van der Waals surface area contributed by atoms with Gasteiger partial charge in [0.1, 0.15) is 0 Å². The van der Waals surface area contributed by atoms with Gasteiger partial charge in [-0.3, -0.25) is 4.68 Å². The Bertz CT molecular complexity index is 310. The van der Waals surface area contributed by atoms with Crippen molar-refractivity contribution in [3.8, 4) is 0 Å². The third kappa shape index (κ3) is 4.06. The molecule has 0 fully saturated rings. The average Bonchev–Trinajstić information content (AvgIpc) is 2.45. The summed E-state index contributed by atoms with van der Waals surface area (Å²) in [7, 11) is 0. The lowest BCUT2D eigenvalue weighted by atomic mass is 9.90. The van der Waals surface area contributed by atoms with Crippen molar-refractivity contribution in [2.75, 3.05) is 0 Å². The molecule has 0 unspecified atom stereocenters. The Labute approximate surface area is 93.7 Å². The van der Waals surface area contributed by atoms with E-state index in [1.54, 1.807) is 0 Å². The zero-order valence-corrected chi connectivity index (χ0v) is 11.0. The summed E-state index contributed by atoms with van der Waals surface area (Å²) in [5, 5.41) is 4.60. The molecule has 0 N–H and O–H groups in total. The van der Waals surface area contributed by atoms with Gasteiger partial charge in [-0.25, -0.2) is 0 Å². The van der Waals surface area contributed by atoms with Crippen LogP contribution in [0.2, 0.25) is 0 Å². The van der Waals surface area contributed by atoms with Crippen molar-refractivity contribution in [2.45, 2.75) is 59.9 Å². The number of hydrogen-bond donors (Lipinski definition) is 0. The molecule has 0 spiro atoms. The fourth-order valence-corrected chi connectivity index (χ4v) is 1.37. The maximum atomic E-state index is 4.60. The van der Waals surface area contributed by atoms with E-state index in [9.17, 15) is 0 Å². The molecule has 0 aliphatic heterocycles. The molecular weight excluding hydrogens is 184 g/mol. The minimum absolute atomic E-state index is 0.0972. The summed E-state index contributed by atoms with van der Waals surface area (Å²) in [5.74, 6) is 0. The van der Waals surface area contributed by atoms with Crippen LogP contribution < -0.4 is 0 Å². The third-order valence-corrected chi connectivity index (χ3v) is 2.46. The first-order valence-corrected chi connectivity index (χ1v) is 5.73. The Morgan fingerprint density at radius 1 is 1.13 bits per heavy atom. The summed E-state index contributed by atoms with van der Waals surface area (Å²) < 4.78 is 2.05. The van der Waals surface area contributed by atoms with Crippen molar-refractivity contribution < 1.29 is 0 Å². The SMILES string of the molecule is CC(C)(C)CCc1ccn(C(C)(C)C)n1. The molecule has 1 aromatic heterocycles. The smallest absolute Gasteiger partial charge is 0.0625 e. The monoisotopic (exact) mass is 208 g/mol. The second-order valence-corrected chi connectivity index (χ2v) is 6.48. The van der Waals surface area contributed by atoms with Crippen LogP contribution in [0.4, 0.5) is 0 Å². The van der Waals surface area contributed by atoms with Crippen LogP contribution in [0.25, 0.3) is 0 Å². The highest BCUT2D eigenvalue weighted by atomic mass is 15.3. The summed E-state index contributed by atoms with van der Waals surface area (Å²) in [5.41, 5.74) is 1.70. The van der Waals surface area contributed by atoms with Crippen molar-refractivity contribution in [1.29, 1.82) is 0 Å². The minimum Gasteiger partial charge on any atom is -0.267 e. The van der Waals surface area contributed by atoms with Gasteiger partial charge in [0.2, 0.25) is 0 Å². The van der Waals surface area contributed by atoms with Crippen molar-refractivity contribution in [3.63, 3.8) is 0 Å². The van der Waals surface area contributed by atoms with Gasteiger partial charge in [-0.05, 0) is 45.1 Å². The van der Waals surface area contributed by atoms with Crippen molar-refractivity contribution in [3.05, 3.63) is 18.0 Å². The van der Waals surface area contributed by atoms with Gasteiger partial charge < -0.3 is 0 Å². The largest absolute Gasteiger partial charge is 0.267 e. The number of nitrogens with zero attached hydrogens (tertiary/aromatic N) is 2. The van der Waals surface area contributed by atoms with Gasteiger partial charge in [0.25, 0.3) is 0 Å². The Morgan fingerprint density at radius 3 is 2.13 bits per heavy atom. The van der Waals surface area contributed by atoms with E-state index in [0.717, 1.165) is 6.42 Å². The first-order valence-electron chi connectivity index (χ1n) is 5.73. The number of rotatable bonds is 2. The van der Waals surface area contributed by atoms with E-state index in [4.69, 9.17) is 0 Å². The number of hydrogen-bond acceptors (Lipinski definition) is 1. The lowest BCUT2D eigenvalue weighted by molar-refractivity contribution is 0.347. The summed E-state index contributed by atoms with van der Waals surface area (Å²) in [4.78, 5) is 0. The molecule has 1 heterocycles. The molecule has 0 aliphatic rings. The van der Waals surface area contributed by atoms with E-state index in [0.29, 0.717) is 5.41 Å². The maximum absolute atomic E-state index is 4.60. The van der Waals surface area contributed by atoms with Gasteiger partial charge in [0.15, 0.2) is 0 Å². The van der Waals surface area contributed by atoms with Gasteiger partial charge in [-0.1, -0.05) is 20.8 Å². The molecule has 0 aliphatic carbocycles. The van der Waals surface area contributed by atoms with Gasteiger partial charge in [-0.15, -0.1) is 0 Å². The van der Waals surface area contributed by atoms with Gasteiger partial charge in [0.05, 0.1) is 11.2 Å². The summed E-state index contributed by atoms with van der Waals surface area (Å²) in [6.07, 6.45) is 4.35. The van der Waals surface area contributed by atoms with Crippen LogP contribution in [-0.4, -0.2) is 9.78 Å². The zero-order valence-electron chi connectivity index (χ0n) is 11.0. The van der Waals surface area contributed by atoms with Crippen molar-refractivity contribution in [1.82, 2.24) is 9.78 Å². The fraction of sp³-hybridized carbons (Fsp3) is 0.769. The number of aromatic nitrogens is 2. The molecule has 0 bridgehead atoms. The topological polar surface area (TPSA) is 17.8 Å². The van der Waals surface area contributed by atoms with Crippen LogP contribution in [0.1, 0.15) is 53.7 Å². The van der Waals surface area contributed by atoms with Gasteiger partial charge in [-0.2, -0.15) is 5.10 Å². The Balaban J connectivity index is 2.62. The third-order valence-electron chi connectivity index (χ3n) is 2.46. The summed E-state index contributed by atoms with van der Waals surface area (Å²) >= 11 is 0. The molecule has 0 amide bonds. The highest BCUT2D eigenvalue weighted by molar-refractivity contribution is 5.01. The quantitative estimate of drug-likeness (QED) is 0.726. The highest BCUT2D eigenvalue weighted by Crippen LogP contribution is 2.21. The number of aryl methyl sites for hydroxylation is 1. The molecule has 0 radical (unpaired) electrons. The van der Waals surface area contributed by atoms with Crippen LogP contribution >= 0.6 is 0 Å². The predicted molar refractivity (Wildman–Crippen MR) is 65.0 cm³/mol. The second kappa shape index (κ2) is 3.99. The van der Waals surface area contributed by atoms with Crippen molar-refractivity contribution in [2.24, 2.45) is 5.41 Å². The highest BCUT2D eigenvalue weighted by Gasteiger charge is 2.15. The molecule has 15 heavy (non-hydrogen) atoms. The molecule has 1 rings (SSSR count). The van der Waals surface area contributed by atoms with Gasteiger partial charge >= 0.3 is 0 Å². The molecule has 0 saturated carbocycles. The molecule has 0 saturated heterocycles. The standard InChI is InChI=1S/C13H24N2/c1-12(2,3)9-7-11-8-10-15(14-11)13(4,5)6/h8,10H,7,9H2,1-6H3. The first kappa shape index (κ1) is 12.3. The molecule has 1 aromatic rings. The summed E-state index contributed by atoms with van der Waals surface area (Å²) in [6, 6.07) is 2.14. The van der Waals surface area contributed by atoms with Crippen LogP contribution in [0.3, 0.4) is 0 Å².